The summed E-state index contributed by atoms with van der Waals surface area (Å²) < 4.78 is 4.73. The molecule has 0 radical (unpaired) electrons. The maximum Gasteiger partial charge on any atom is 0.434 e. The molecule has 1 rings (SSSR count). The van der Waals surface area contributed by atoms with Gasteiger partial charge in [-0.25, -0.2) is 0 Å². The first kappa shape index (κ1) is 8.92. The lowest BCUT2D eigenvalue weighted by molar-refractivity contribution is -0.402. The van der Waals surface area contributed by atoms with E-state index in [4.69, 9.17) is 0 Å². The van der Waals surface area contributed by atoms with Crippen molar-refractivity contribution < 1.29 is 14.1 Å². The number of ketones is 1. The third-order valence-electron chi connectivity index (χ3n) is 1.23. The average Bonchev–Trinajstić information content (AvgIpc) is 2.30. The number of nitro groups is 1. The summed E-state index contributed by atoms with van der Waals surface area (Å²) in [5, 5.41) is 10.2. The minimum absolute atomic E-state index is 0.0988. The van der Waals surface area contributed by atoms with Crippen molar-refractivity contribution in [2.75, 3.05) is 0 Å². The summed E-state index contributed by atoms with van der Waals surface area (Å²) in [4.78, 5) is 20.3. The quantitative estimate of drug-likeness (QED) is 0.446. The van der Waals surface area contributed by atoms with Crippen LogP contribution in [0, 0.1) is 10.1 Å². The summed E-state index contributed by atoms with van der Waals surface area (Å²) >= 11 is 2.89. The number of carbonyl (C=O) groups is 1. The normalized spacial score (nSPS) is 9.83. The van der Waals surface area contributed by atoms with Crippen LogP contribution in [-0.4, -0.2) is 10.7 Å². The van der Waals surface area contributed by atoms with Crippen LogP contribution in [0.25, 0.3) is 0 Å². The predicted octanol–water partition coefficient (Wildman–Crippen LogP) is 2.15. The third kappa shape index (κ3) is 1.53. The molecule has 0 fully saturated rings. The van der Waals surface area contributed by atoms with Crippen LogP contribution in [0.1, 0.15) is 17.3 Å². The molecule has 64 valence electrons. The van der Waals surface area contributed by atoms with Crippen molar-refractivity contribution in [1.82, 2.24) is 0 Å². The molecule has 1 aromatic rings. The van der Waals surface area contributed by atoms with E-state index in [0.717, 1.165) is 6.07 Å². The Kier molecular flexibility index (Phi) is 2.27. The molecule has 0 aliphatic heterocycles. The summed E-state index contributed by atoms with van der Waals surface area (Å²) in [6.45, 7) is 1.30. The first-order valence-electron chi connectivity index (χ1n) is 2.97. The van der Waals surface area contributed by atoms with Gasteiger partial charge in [0.1, 0.15) is 4.92 Å². The average molecular weight is 234 g/mol. The fourth-order valence-electron chi connectivity index (χ4n) is 0.686. The Labute approximate surface area is 75.6 Å². The molecule has 0 aliphatic carbocycles. The molecule has 0 saturated heterocycles. The van der Waals surface area contributed by atoms with Gasteiger partial charge in [0.05, 0.1) is 11.6 Å². The Morgan fingerprint density at radius 2 is 2.33 bits per heavy atom. The van der Waals surface area contributed by atoms with Gasteiger partial charge in [-0.1, -0.05) is 0 Å². The van der Waals surface area contributed by atoms with Crippen molar-refractivity contribution in [1.29, 1.82) is 0 Å². The first-order chi connectivity index (χ1) is 5.52. The molecule has 0 aliphatic rings. The zero-order valence-electron chi connectivity index (χ0n) is 6.04. The number of halogens is 1. The van der Waals surface area contributed by atoms with Crippen molar-refractivity contribution in [3.05, 3.63) is 26.4 Å². The second kappa shape index (κ2) is 3.06. The third-order valence-corrected chi connectivity index (χ3v) is 1.82. The zero-order valence-corrected chi connectivity index (χ0v) is 7.62. The van der Waals surface area contributed by atoms with Crippen molar-refractivity contribution >= 4 is 27.6 Å². The number of nitrogens with zero attached hydrogens (tertiary/aromatic N) is 1. The number of carbonyl (C=O) groups excluding carboxylic acids is 1. The molecule has 1 aromatic heterocycles. The van der Waals surface area contributed by atoms with Gasteiger partial charge < -0.3 is 4.42 Å². The number of Topliss-reactive ketones (excluding diaryl/α,β-unsaturated/α-hetero) is 1. The van der Waals surface area contributed by atoms with Gasteiger partial charge in [0.15, 0.2) is 10.5 Å². The van der Waals surface area contributed by atoms with Crippen molar-refractivity contribution in [2.24, 2.45) is 0 Å². The highest BCUT2D eigenvalue weighted by atomic mass is 79.9. The Morgan fingerprint density at radius 3 is 2.58 bits per heavy atom. The number of furan rings is 1. The molecule has 0 spiro atoms. The maximum absolute atomic E-state index is 10.8. The Bertz CT molecular complexity index is 343. The van der Waals surface area contributed by atoms with Crippen molar-refractivity contribution in [2.45, 2.75) is 6.92 Å². The monoisotopic (exact) mass is 233 g/mol. The largest absolute Gasteiger partial charge is 0.434 e. The molecular weight excluding hydrogens is 230 g/mol. The van der Waals surface area contributed by atoms with Gasteiger partial charge in [-0.15, -0.1) is 0 Å². The van der Waals surface area contributed by atoms with E-state index in [1.807, 2.05) is 0 Å². The van der Waals surface area contributed by atoms with E-state index in [-0.39, 0.29) is 16.0 Å². The highest BCUT2D eigenvalue weighted by Crippen LogP contribution is 2.26. The van der Waals surface area contributed by atoms with Gasteiger partial charge in [-0.05, 0) is 22.9 Å². The van der Waals surface area contributed by atoms with Crippen LogP contribution in [0.15, 0.2) is 15.2 Å². The standard InChI is InChI=1S/C6H4BrNO4/c1-3(9)4-2-5(8(10)11)12-6(4)7/h2H,1H3. The summed E-state index contributed by atoms with van der Waals surface area (Å²) in [6, 6.07) is 1.09. The van der Waals surface area contributed by atoms with Crippen LogP contribution in [0.2, 0.25) is 0 Å². The van der Waals surface area contributed by atoms with Crippen LogP contribution in [0.4, 0.5) is 5.88 Å². The SMILES string of the molecule is CC(=O)c1cc([N+](=O)[O-])oc1Br. The van der Waals surface area contributed by atoms with E-state index in [9.17, 15) is 14.9 Å². The van der Waals surface area contributed by atoms with Crippen LogP contribution in [0.5, 0.6) is 0 Å². The molecule has 0 amide bonds. The van der Waals surface area contributed by atoms with Gasteiger partial charge in [-0.2, -0.15) is 0 Å². The fourth-order valence-corrected chi connectivity index (χ4v) is 1.25. The van der Waals surface area contributed by atoms with E-state index >= 15 is 0 Å². The van der Waals surface area contributed by atoms with E-state index in [2.05, 4.69) is 20.3 Å². The lowest BCUT2D eigenvalue weighted by atomic mass is 10.2. The Balaban J connectivity index is 3.17. The van der Waals surface area contributed by atoms with Crippen molar-refractivity contribution in [3.63, 3.8) is 0 Å². The molecule has 0 aromatic carbocycles. The minimum atomic E-state index is -0.697. The molecule has 0 unspecified atom stereocenters. The van der Waals surface area contributed by atoms with Gasteiger partial charge in [0.2, 0.25) is 0 Å². The topological polar surface area (TPSA) is 73.3 Å². The van der Waals surface area contributed by atoms with Gasteiger partial charge in [-0.3, -0.25) is 14.9 Å². The van der Waals surface area contributed by atoms with E-state index in [0.29, 0.717) is 0 Å². The molecule has 0 N–H and O–H groups in total. The second-order valence-corrected chi connectivity index (χ2v) is 2.81. The first-order valence-corrected chi connectivity index (χ1v) is 3.76. The molecule has 5 nitrogen and oxygen atoms in total. The van der Waals surface area contributed by atoms with E-state index < -0.39 is 10.8 Å². The molecule has 1 heterocycles. The summed E-state index contributed by atoms with van der Waals surface area (Å²) in [7, 11) is 0. The number of rotatable bonds is 2. The molecule has 12 heavy (non-hydrogen) atoms. The number of hydrogen-bond acceptors (Lipinski definition) is 4. The molecule has 0 atom stereocenters. The lowest BCUT2D eigenvalue weighted by Gasteiger charge is -1.83. The summed E-state index contributed by atoms with van der Waals surface area (Å²) in [5.41, 5.74) is 0.182. The van der Waals surface area contributed by atoms with Gasteiger partial charge >= 0.3 is 5.88 Å². The summed E-state index contributed by atoms with van der Waals surface area (Å²) in [5.74, 6) is -0.717. The van der Waals surface area contributed by atoms with Crippen LogP contribution in [-0.2, 0) is 0 Å². The Morgan fingerprint density at radius 1 is 1.75 bits per heavy atom. The molecule has 0 saturated carbocycles. The van der Waals surface area contributed by atoms with E-state index in [1.165, 1.54) is 6.92 Å². The molecule has 6 heteroatoms. The van der Waals surface area contributed by atoms with Crippen LogP contribution < -0.4 is 0 Å². The predicted molar refractivity (Wildman–Crippen MR) is 43.1 cm³/mol. The van der Waals surface area contributed by atoms with Crippen LogP contribution >= 0.6 is 15.9 Å². The lowest BCUT2D eigenvalue weighted by Crippen LogP contribution is -1.88. The molecular formula is C6H4BrNO4. The Hall–Kier alpha value is -1.17. The van der Waals surface area contributed by atoms with Gasteiger partial charge in [0, 0.05) is 0 Å². The highest BCUT2D eigenvalue weighted by molar-refractivity contribution is 9.10. The smallest absolute Gasteiger partial charge is 0.393 e. The molecule has 0 bridgehead atoms. The van der Waals surface area contributed by atoms with Crippen molar-refractivity contribution in [3.8, 4) is 0 Å². The fraction of sp³-hybridized carbons (Fsp3) is 0.167. The van der Waals surface area contributed by atoms with E-state index in [1.54, 1.807) is 0 Å². The highest BCUT2D eigenvalue weighted by Gasteiger charge is 2.19. The zero-order chi connectivity index (χ0) is 9.30. The number of hydrogen-bond donors (Lipinski definition) is 0. The maximum atomic E-state index is 10.8. The minimum Gasteiger partial charge on any atom is -0.393 e. The summed E-state index contributed by atoms with van der Waals surface area (Å²) in [6.07, 6.45) is 0. The van der Waals surface area contributed by atoms with Crippen LogP contribution in [0.3, 0.4) is 0 Å². The second-order valence-electron chi connectivity index (χ2n) is 2.09. The van der Waals surface area contributed by atoms with Gasteiger partial charge in [0.25, 0.3) is 0 Å².